The Morgan fingerprint density at radius 3 is 2.53 bits per heavy atom. The van der Waals surface area contributed by atoms with Crippen molar-refractivity contribution in [3.63, 3.8) is 0 Å². The molecule has 9 heteroatoms. The van der Waals surface area contributed by atoms with Crippen LogP contribution in [0.3, 0.4) is 0 Å². The number of aromatic amines is 1. The molecule has 0 atom stereocenters. The lowest BCUT2D eigenvalue weighted by molar-refractivity contribution is 0.0664. The Hall–Kier alpha value is -3.49. The average Bonchev–Trinajstić information content (AvgIpc) is 3.29. The van der Waals surface area contributed by atoms with Crippen molar-refractivity contribution in [2.75, 3.05) is 33.2 Å². The van der Waals surface area contributed by atoms with Crippen molar-refractivity contribution in [1.82, 2.24) is 29.8 Å². The fraction of sp³-hybridized carbons (Fsp3) is 0.217. The number of hydrogen-bond donors (Lipinski definition) is 1. The van der Waals surface area contributed by atoms with Gasteiger partial charge in [0.1, 0.15) is 5.69 Å². The summed E-state index contributed by atoms with van der Waals surface area (Å²) in [4.78, 5) is 32.2. The predicted molar refractivity (Wildman–Crippen MR) is 123 cm³/mol. The number of benzene rings is 2. The minimum absolute atomic E-state index is 0.0327. The van der Waals surface area contributed by atoms with Crippen molar-refractivity contribution >= 4 is 28.4 Å². The van der Waals surface area contributed by atoms with E-state index >= 15 is 0 Å². The lowest BCUT2D eigenvalue weighted by Gasteiger charge is -2.32. The number of piperazine rings is 1. The fourth-order valence-electron chi connectivity index (χ4n) is 3.83. The number of H-pyrrole nitrogens is 1. The van der Waals surface area contributed by atoms with E-state index in [1.807, 2.05) is 17.0 Å². The molecule has 2 aromatic carbocycles. The number of nitrogens with one attached hydrogen (secondary N) is 1. The van der Waals surface area contributed by atoms with Gasteiger partial charge in [-0.15, -0.1) is 5.10 Å². The first-order valence-electron chi connectivity index (χ1n) is 10.3. The van der Waals surface area contributed by atoms with E-state index < -0.39 is 0 Å². The molecule has 4 aromatic rings. The fourth-order valence-corrected chi connectivity index (χ4v) is 4.01. The van der Waals surface area contributed by atoms with Crippen LogP contribution in [0.15, 0.2) is 59.5 Å². The van der Waals surface area contributed by atoms with Crippen molar-refractivity contribution in [2.24, 2.45) is 0 Å². The first kappa shape index (κ1) is 20.4. The number of hydrogen-bond acceptors (Lipinski definition) is 5. The Kier molecular flexibility index (Phi) is 5.24. The standard InChI is InChI=1S/C23H21ClN6O2/c1-28-8-10-29(11-9-28)23(32)15-2-5-18(6-3-15)30-14-21(26-27-30)19-13-16-12-17(24)4-7-20(16)25-22(19)31/h2-7,12-14H,8-11H2,1H3,(H,25,31). The van der Waals surface area contributed by atoms with Gasteiger partial charge >= 0.3 is 0 Å². The van der Waals surface area contributed by atoms with E-state index in [-0.39, 0.29) is 11.5 Å². The maximum Gasteiger partial charge on any atom is 0.258 e. The number of pyridine rings is 1. The molecule has 1 fully saturated rings. The Morgan fingerprint density at radius 1 is 1.03 bits per heavy atom. The number of rotatable bonds is 3. The predicted octanol–water partition coefficient (Wildman–Crippen LogP) is 2.82. The Balaban J connectivity index is 1.39. The number of halogens is 1. The van der Waals surface area contributed by atoms with Crippen LogP contribution in [0.2, 0.25) is 5.02 Å². The Bertz CT molecular complexity index is 1350. The van der Waals surface area contributed by atoms with Gasteiger partial charge in [0.2, 0.25) is 0 Å². The van der Waals surface area contributed by atoms with Crippen molar-refractivity contribution in [1.29, 1.82) is 0 Å². The topological polar surface area (TPSA) is 87.1 Å². The zero-order chi connectivity index (χ0) is 22.2. The van der Waals surface area contributed by atoms with Gasteiger partial charge in [-0.3, -0.25) is 9.59 Å². The monoisotopic (exact) mass is 448 g/mol. The second kappa shape index (κ2) is 8.22. The second-order valence-corrected chi connectivity index (χ2v) is 8.37. The molecule has 0 radical (unpaired) electrons. The average molecular weight is 449 g/mol. The van der Waals surface area contributed by atoms with E-state index in [2.05, 4.69) is 27.2 Å². The minimum Gasteiger partial charge on any atom is -0.336 e. The van der Waals surface area contributed by atoms with Crippen molar-refractivity contribution < 1.29 is 4.79 Å². The van der Waals surface area contributed by atoms with Gasteiger partial charge in [0.25, 0.3) is 11.5 Å². The molecule has 32 heavy (non-hydrogen) atoms. The summed E-state index contributed by atoms with van der Waals surface area (Å²) in [5, 5.41) is 9.73. The Morgan fingerprint density at radius 2 is 1.78 bits per heavy atom. The summed E-state index contributed by atoms with van der Waals surface area (Å²) in [6.07, 6.45) is 1.69. The van der Waals surface area contributed by atoms with Gasteiger partial charge in [0.05, 0.1) is 17.4 Å². The number of aromatic nitrogens is 4. The summed E-state index contributed by atoms with van der Waals surface area (Å²) in [7, 11) is 2.06. The van der Waals surface area contributed by atoms with Crippen LogP contribution in [-0.4, -0.2) is 68.9 Å². The van der Waals surface area contributed by atoms with Crippen LogP contribution in [0.4, 0.5) is 0 Å². The molecular formula is C23H21ClN6O2. The quantitative estimate of drug-likeness (QED) is 0.520. The first-order chi connectivity index (χ1) is 15.5. The van der Waals surface area contributed by atoms with E-state index in [1.165, 1.54) is 0 Å². The summed E-state index contributed by atoms with van der Waals surface area (Å²) in [6.45, 7) is 3.22. The zero-order valence-electron chi connectivity index (χ0n) is 17.5. The smallest absolute Gasteiger partial charge is 0.258 e. The highest BCUT2D eigenvalue weighted by Crippen LogP contribution is 2.22. The molecule has 8 nitrogen and oxygen atoms in total. The molecule has 1 N–H and O–H groups in total. The van der Waals surface area contributed by atoms with Gasteiger partial charge in [0.15, 0.2) is 0 Å². The highest BCUT2D eigenvalue weighted by Gasteiger charge is 2.20. The molecule has 0 bridgehead atoms. The van der Waals surface area contributed by atoms with Gasteiger partial charge in [-0.05, 0) is 55.6 Å². The highest BCUT2D eigenvalue weighted by atomic mass is 35.5. The number of fused-ring (bicyclic) bond motifs is 1. The number of carbonyl (C=O) groups excluding carboxylic acids is 1. The Labute approximate surface area is 189 Å². The summed E-state index contributed by atoms with van der Waals surface area (Å²) >= 11 is 6.08. The summed E-state index contributed by atoms with van der Waals surface area (Å²) < 4.78 is 1.58. The summed E-state index contributed by atoms with van der Waals surface area (Å²) in [5.74, 6) is 0.0327. The number of nitrogens with zero attached hydrogens (tertiary/aromatic N) is 5. The highest BCUT2D eigenvalue weighted by molar-refractivity contribution is 6.31. The minimum atomic E-state index is -0.250. The van der Waals surface area contributed by atoms with E-state index in [0.29, 0.717) is 27.4 Å². The molecule has 5 rings (SSSR count). The molecule has 2 aromatic heterocycles. The van der Waals surface area contributed by atoms with Gasteiger partial charge < -0.3 is 14.8 Å². The molecule has 1 saturated heterocycles. The van der Waals surface area contributed by atoms with Crippen LogP contribution < -0.4 is 5.56 Å². The van der Waals surface area contributed by atoms with Crippen LogP contribution in [0.5, 0.6) is 0 Å². The molecule has 3 heterocycles. The van der Waals surface area contributed by atoms with Crippen LogP contribution in [0, 0.1) is 0 Å². The molecule has 0 spiro atoms. The summed E-state index contributed by atoms with van der Waals surface area (Å²) in [6, 6.07) is 14.3. The van der Waals surface area contributed by atoms with Gasteiger partial charge in [-0.25, -0.2) is 4.68 Å². The lowest BCUT2D eigenvalue weighted by Crippen LogP contribution is -2.47. The molecular weight excluding hydrogens is 428 g/mol. The van der Waals surface area contributed by atoms with E-state index in [1.54, 1.807) is 47.3 Å². The first-order valence-corrected chi connectivity index (χ1v) is 10.7. The van der Waals surface area contributed by atoms with Crippen LogP contribution in [0.1, 0.15) is 10.4 Å². The molecule has 1 amide bonds. The van der Waals surface area contributed by atoms with Crippen molar-refractivity contribution in [3.8, 4) is 16.9 Å². The van der Waals surface area contributed by atoms with Gasteiger partial charge in [-0.2, -0.15) is 0 Å². The zero-order valence-corrected chi connectivity index (χ0v) is 18.2. The molecule has 0 saturated carbocycles. The maximum atomic E-state index is 12.7. The third-order valence-electron chi connectivity index (χ3n) is 5.74. The van der Waals surface area contributed by atoms with Gasteiger partial charge in [-0.1, -0.05) is 16.8 Å². The van der Waals surface area contributed by atoms with E-state index in [9.17, 15) is 9.59 Å². The van der Waals surface area contributed by atoms with Crippen LogP contribution in [0.25, 0.3) is 27.8 Å². The van der Waals surface area contributed by atoms with Crippen LogP contribution >= 0.6 is 11.6 Å². The third kappa shape index (κ3) is 3.90. The molecule has 1 aliphatic rings. The normalized spacial score (nSPS) is 14.8. The van der Waals surface area contributed by atoms with Crippen LogP contribution in [-0.2, 0) is 0 Å². The largest absolute Gasteiger partial charge is 0.336 e. The second-order valence-electron chi connectivity index (χ2n) is 7.93. The van der Waals surface area contributed by atoms with Gasteiger partial charge in [0, 0.05) is 47.7 Å². The van der Waals surface area contributed by atoms with Crippen molar-refractivity contribution in [3.05, 3.63) is 75.7 Å². The number of carbonyl (C=O) groups is 1. The van der Waals surface area contributed by atoms with E-state index in [0.717, 1.165) is 37.3 Å². The molecule has 1 aliphatic heterocycles. The molecule has 0 unspecified atom stereocenters. The summed E-state index contributed by atoms with van der Waals surface area (Å²) in [5.41, 5.74) is 2.70. The lowest BCUT2D eigenvalue weighted by atomic mass is 10.1. The van der Waals surface area contributed by atoms with E-state index in [4.69, 9.17) is 11.6 Å². The molecule has 162 valence electrons. The molecule has 0 aliphatic carbocycles. The number of amides is 1. The maximum absolute atomic E-state index is 12.7. The third-order valence-corrected chi connectivity index (χ3v) is 5.98. The van der Waals surface area contributed by atoms with Crippen molar-refractivity contribution in [2.45, 2.75) is 0 Å². The SMILES string of the molecule is CN1CCN(C(=O)c2ccc(-n3cc(-c4cc5cc(Cl)ccc5[nH]c4=O)nn3)cc2)CC1. The number of likely N-dealkylation sites (N-methyl/N-ethyl adjacent to an activating group) is 1.